The van der Waals surface area contributed by atoms with E-state index >= 15 is 0 Å². The molecule has 0 bridgehead atoms. The maximum atomic E-state index is 12.1. The van der Waals surface area contributed by atoms with Gasteiger partial charge in [-0.3, -0.25) is 4.99 Å². The number of alkyl carbamates (subject to hydrolysis) is 1. The summed E-state index contributed by atoms with van der Waals surface area (Å²) >= 11 is 2.29. The zero-order chi connectivity index (χ0) is 20.1. The van der Waals surface area contributed by atoms with Gasteiger partial charge in [0.25, 0.3) is 0 Å². The van der Waals surface area contributed by atoms with Gasteiger partial charge < -0.3 is 15.0 Å². The minimum absolute atomic E-state index is 0.235. The molecule has 0 radical (unpaired) electrons. The smallest absolute Gasteiger partial charge is 0.407 e. The lowest BCUT2D eigenvalue weighted by Crippen LogP contribution is -2.34. The van der Waals surface area contributed by atoms with Gasteiger partial charge in [0.15, 0.2) is 0 Å². The Labute approximate surface area is 178 Å². The third-order valence-electron chi connectivity index (χ3n) is 4.08. The van der Waals surface area contributed by atoms with Crippen LogP contribution in [0, 0.1) is 3.57 Å². The van der Waals surface area contributed by atoms with Crippen molar-refractivity contribution in [1.29, 1.82) is 0 Å². The summed E-state index contributed by atoms with van der Waals surface area (Å²) in [7, 11) is 0. The summed E-state index contributed by atoms with van der Waals surface area (Å²) < 4.78 is 6.52. The van der Waals surface area contributed by atoms with Crippen LogP contribution in [0.5, 0.6) is 0 Å². The van der Waals surface area contributed by atoms with Gasteiger partial charge in [0.1, 0.15) is 5.60 Å². The summed E-state index contributed by atoms with van der Waals surface area (Å²) in [5, 5.41) is 3.95. The minimum Gasteiger partial charge on any atom is -0.444 e. The second kappa shape index (κ2) is 8.77. The first-order chi connectivity index (χ1) is 13.3. The molecule has 0 saturated heterocycles. The van der Waals surface area contributed by atoms with Crippen molar-refractivity contribution in [3.05, 3.63) is 69.4 Å². The molecule has 1 atom stereocenters. The Balaban J connectivity index is 1.85. The largest absolute Gasteiger partial charge is 0.444 e. The fourth-order valence-electron chi connectivity index (χ4n) is 2.85. The minimum atomic E-state index is -0.537. The highest BCUT2D eigenvalue weighted by atomic mass is 127. The second-order valence-electron chi connectivity index (χ2n) is 7.52. The number of hydrogen-bond donors (Lipinski definition) is 2. The molecule has 0 spiro atoms. The highest BCUT2D eigenvalue weighted by molar-refractivity contribution is 14.1. The molecule has 5 nitrogen and oxygen atoms in total. The predicted octanol–water partition coefficient (Wildman–Crippen LogP) is 5.46. The highest BCUT2D eigenvalue weighted by Gasteiger charge is 2.19. The molecule has 0 aliphatic carbocycles. The van der Waals surface area contributed by atoms with E-state index in [0.29, 0.717) is 6.54 Å². The Morgan fingerprint density at radius 3 is 2.71 bits per heavy atom. The highest BCUT2D eigenvalue weighted by Crippen LogP contribution is 2.27. The molecule has 0 fully saturated rings. The number of nitrogens with zero attached hydrogens (tertiary/aromatic N) is 1. The van der Waals surface area contributed by atoms with E-state index in [4.69, 9.17) is 9.73 Å². The van der Waals surface area contributed by atoms with Crippen molar-refractivity contribution in [2.45, 2.75) is 32.4 Å². The van der Waals surface area contributed by atoms with E-state index in [1.165, 1.54) is 0 Å². The van der Waals surface area contributed by atoms with Gasteiger partial charge in [0.2, 0.25) is 0 Å². The topological polar surface area (TPSA) is 66.5 Å². The molecule has 146 valence electrons. The monoisotopic (exact) mass is 489 g/mol. The molecule has 0 aliphatic heterocycles. The number of amides is 1. The zero-order valence-corrected chi connectivity index (χ0v) is 18.4. The van der Waals surface area contributed by atoms with Crippen molar-refractivity contribution in [3.8, 4) is 0 Å². The zero-order valence-electron chi connectivity index (χ0n) is 16.2. The van der Waals surface area contributed by atoms with Crippen LogP contribution in [0.2, 0.25) is 0 Å². The summed E-state index contributed by atoms with van der Waals surface area (Å²) in [6, 6.07) is 15.9. The lowest BCUT2D eigenvalue weighted by Gasteiger charge is -2.21. The standard InChI is InChI=1S/C22H24IN3O2/c1-22(2,3)28-21(27)26-14-20(24-12-15-7-5-4-6-8-15)18-13-25-19-11-16(23)9-10-17(18)19/h4-13,20,25H,14H2,1-3H3,(H,26,27). The maximum Gasteiger partial charge on any atom is 0.407 e. The SMILES string of the molecule is CC(C)(C)OC(=O)NCC(N=Cc1ccccc1)c1c[nH]c2cc(I)ccc12. The Morgan fingerprint density at radius 2 is 2.00 bits per heavy atom. The number of H-pyrrole nitrogens is 1. The Morgan fingerprint density at radius 1 is 1.25 bits per heavy atom. The average Bonchev–Trinajstić information content (AvgIpc) is 3.04. The number of hydrogen-bond acceptors (Lipinski definition) is 3. The van der Waals surface area contributed by atoms with E-state index in [9.17, 15) is 4.79 Å². The van der Waals surface area contributed by atoms with Gasteiger partial charge in [-0.1, -0.05) is 36.4 Å². The second-order valence-corrected chi connectivity index (χ2v) is 8.77. The fourth-order valence-corrected chi connectivity index (χ4v) is 3.34. The van der Waals surface area contributed by atoms with Crippen LogP contribution >= 0.6 is 22.6 Å². The third kappa shape index (κ3) is 5.58. The summed E-state index contributed by atoms with van der Waals surface area (Å²) in [6.07, 6.45) is 3.36. The van der Waals surface area contributed by atoms with Crippen molar-refractivity contribution in [1.82, 2.24) is 10.3 Å². The van der Waals surface area contributed by atoms with E-state index in [-0.39, 0.29) is 6.04 Å². The molecule has 3 rings (SSSR count). The van der Waals surface area contributed by atoms with Crippen LogP contribution in [-0.4, -0.2) is 29.4 Å². The first-order valence-corrected chi connectivity index (χ1v) is 10.2. The van der Waals surface area contributed by atoms with Crippen molar-refractivity contribution in [3.63, 3.8) is 0 Å². The van der Waals surface area contributed by atoms with E-state index in [1.807, 2.05) is 63.5 Å². The predicted molar refractivity (Wildman–Crippen MR) is 122 cm³/mol. The van der Waals surface area contributed by atoms with Crippen molar-refractivity contribution < 1.29 is 9.53 Å². The van der Waals surface area contributed by atoms with E-state index in [2.05, 4.69) is 51.1 Å². The van der Waals surface area contributed by atoms with Crippen LogP contribution in [-0.2, 0) is 4.74 Å². The number of benzene rings is 2. The van der Waals surface area contributed by atoms with Crippen molar-refractivity contribution in [2.24, 2.45) is 4.99 Å². The molecule has 1 unspecified atom stereocenters. The molecule has 1 aromatic heterocycles. The molecule has 0 saturated carbocycles. The number of halogens is 1. The molecule has 1 heterocycles. The molecule has 3 aromatic rings. The van der Waals surface area contributed by atoms with Gasteiger partial charge >= 0.3 is 6.09 Å². The molecular formula is C22H24IN3O2. The lowest BCUT2D eigenvalue weighted by atomic mass is 10.1. The number of aromatic amines is 1. The molecule has 0 aliphatic rings. The van der Waals surface area contributed by atoms with Gasteiger partial charge in [-0.05, 0) is 61.1 Å². The van der Waals surface area contributed by atoms with Crippen LogP contribution in [0.4, 0.5) is 4.79 Å². The van der Waals surface area contributed by atoms with Gasteiger partial charge in [-0.25, -0.2) is 4.79 Å². The first kappa shape index (κ1) is 20.4. The van der Waals surface area contributed by atoms with Crippen LogP contribution in [0.1, 0.15) is 37.9 Å². The molecular weight excluding hydrogens is 465 g/mol. The van der Waals surface area contributed by atoms with Gasteiger partial charge in [-0.15, -0.1) is 0 Å². The number of carbonyl (C=O) groups is 1. The molecule has 2 aromatic carbocycles. The lowest BCUT2D eigenvalue weighted by molar-refractivity contribution is 0.0525. The Kier molecular flexibility index (Phi) is 6.39. The summed E-state index contributed by atoms with van der Waals surface area (Å²) in [4.78, 5) is 20.2. The summed E-state index contributed by atoms with van der Waals surface area (Å²) in [6.45, 7) is 5.88. The maximum absolute atomic E-state index is 12.1. The molecule has 1 amide bonds. The van der Waals surface area contributed by atoms with Crippen LogP contribution in [0.25, 0.3) is 10.9 Å². The summed E-state index contributed by atoms with van der Waals surface area (Å²) in [5.74, 6) is 0. The number of carbonyl (C=O) groups excluding carboxylic acids is 1. The van der Waals surface area contributed by atoms with Crippen molar-refractivity contribution in [2.75, 3.05) is 6.54 Å². The van der Waals surface area contributed by atoms with Crippen LogP contribution in [0.15, 0.2) is 59.7 Å². The van der Waals surface area contributed by atoms with Crippen LogP contribution in [0.3, 0.4) is 0 Å². The van der Waals surface area contributed by atoms with Crippen LogP contribution < -0.4 is 5.32 Å². The van der Waals surface area contributed by atoms with Gasteiger partial charge in [-0.2, -0.15) is 0 Å². The molecule has 28 heavy (non-hydrogen) atoms. The number of rotatable bonds is 5. The van der Waals surface area contributed by atoms with E-state index in [1.54, 1.807) is 0 Å². The number of nitrogens with one attached hydrogen (secondary N) is 2. The molecule has 6 heteroatoms. The Hall–Kier alpha value is -2.35. The number of ether oxygens (including phenoxy) is 1. The van der Waals surface area contributed by atoms with E-state index in [0.717, 1.165) is 25.6 Å². The van der Waals surface area contributed by atoms with Gasteiger partial charge in [0.05, 0.1) is 6.04 Å². The molecule has 2 N–H and O–H groups in total. The number of aliphatic imine (C=N–C) groups is 1. The third-order valence-corrected chi connectivity index (χ3v) is 4.75. The van der Waals surface area contributed by atoms with Crippen molar-refractivity contribution >= 4 is 45.8 Å². The number of aromatic nitrogens is 1. The Bertz CT molecular complexity index is 974. The fraction of sp³-hybridized carbons (Fsp3) is 0.273. The number of fused-ring (bicyclic) bond motifs is 1. The first-order valence-electron chi connectivity index (χ1n) is 9.13. The van der Waals surface area contributed by atoms with E-state index < -0.39 is 11.7 Å². The normalized spacial score (nSPS) is 13.0. The quantitative estimate of drug-likeness (QED) is 0.370. The average molecular weight is 489 g/mol. The van der Waals surface area contributed by atoms with Gasteiger partial charge in [0, 0.05) is 39.0 Å². The summed E-state index contributed by atoms with van der Waals surface area (Å²) in [5.41, 5.74) is 2.57.